The van der Waals surface area contributed by atoms with Gasteiger partial charge in [0.2, 0.25) is 5.91 Å². The molecule has 0 aliphatic carbocycles. The first kappa shape index (κ1) is 87.3. The number of carbonyl (C=O) groups is 2. The lowest BCUT2D eigenvalue weighted by atomic mass is 10.0. The molecular formula is C83H161NO5. The van der Waals surface area contributed by atoms with Crippen molar-refractivity contribution in [3.8, 4) is 0 Å². The Bertz CT molecular complexity index is 1400. The van der Waals surface area contributed by atoms with Crippen LogP contribution in [-0.4, -0.2) is 47.4 Å². The van der Waals surface area contributed by atoms with E-state index in [-0.39, 0.29) is 18.5 Å². The van der Waals surface area contributed by atoms with E-state index >= 15 is 0 Å². The van der Waals surface area contributed by atoms with Crippen LogP contribution < -0.4 is 5.32 Å². The summed E-state index contributed by atoms with van der Waals surface area (Å²) in [6.45, 7) is 4.96. The Morgan fingerprint density at radius 2 is 0.528 bits per heavy atom. The summed E-state index contributed by atoms with van der Waals surface area (Å²) in [5, 5.41) is 23.3. The number of allylic oxidation sites excluding steroid dienone is 3. The largest absolute Gasteiger partial charge is 0.466 e. The summed E-state index contributed by atoms with van der Waals surface area (Å²) in [6, 6.07) is -0.627. The van der Waals surface area contributed by atoms with Gasteiger partial charge in [-0.05, 0) is 57.8 Å². The smallest absolute Gasteiger partial charge is 0.305 e. The number of esters is 1. The minimum atomic E-state index is -0.844. The minimum Gasteiger partial charge on any atom is -0.466 e. The maximum Gasteiger partial charge on any atom is 0.305 e. The summed E-state index contributed by atoms with van der Waals surface area (Å²) in [6.07, 6.45) is 102. The normalized spacial score (nSPS) is 12.5. The number of hydrogen-bond acceptors (Lipinski definition) is 5. The zero-order valence-electron chi connectivity index (χ0n) is 60.7. The number of carbonyl (C=O) groups excluding carboxylic acids is 2. The van der Waals surface area contributed by atoms with E-state index in [4.69, 9.17) is 4.74 Å². The average molecular weight is 1250 g/mol. The van der Waals surface area contributed by atoms with Gasteiger partial charge in [0.05, 0.1) is 25.4 Å². The summed E-state index contributed by atoms with van der Waals surface area (Å²) in [5.41, 5.74) is 0. The molecule has 0 aliphatic heterocycles. The van der Waals surface area contributed by atoms with E-state index in [9.17, 15) is 19.8 Å². The fraction of sp³-hybridized carbons (Fsp3) is 0.928. The Balaban J connectivity index is 3.36. The van der Waals surface area contributed by atoms with Gasteiger partial charge in [-0.25, -0.2) is 0 Å². The second-order valence-electron chi connectivity index (χ2n) is 28.5. The lowest BCUT2D eigenvalue weighted by Crippen LogP contribution is -2.45. The highest BCUT2D eigenvalue weighted by Gasteiger charge is 2.18. The number of hydrogen-bond donors (Lipinski definition) is 3. The fourth-order valence-electron chi connectivity index (χ4n) is 13.2. The molecule has 0 heterocycles. The molecule has 0 radical (unpaired) electrons. The second kappa shape index (κ2) is 78.8. The predicted molar refractivity (Wildman–Crippen MR) is 393 cm³/mol. The van der Waals surface area contributed by atoms with Crippen LogP contribution in [0.1, 0.15) is 470 Å². The molecule has 0 aromatic rings. The Labute approximate surface area is 558 Å². The van der Waals surface area contributed by atoms with E-state index in [1.54, 1.807) is 6.08 Å². The molecule has 0 spiro atoms. The Kier molecular flexibility index (Phi) is 77.3. The molecule has 528 valence electrons. The quantitative estimate of drug-likeness (QED) is 0.0320. The highest BCUT2D eigenvalue weighted by Crippen LogP contribution is 2.20. The van der Waals surface area contributed by atoms with E-state index in [0.717, 1.165) is 44.9 Å². The van der Waals surface area contributed by atoms with Crippen molar-refractivity contribution in [2.24, 2.45) is 0 Å². The van der Waals surface area contributed by atoms with Crippen molar-refractivity contribution >= 4 is 11.9 Å². The van der Waals surface area contributed by atoms with Gasteiger partial charge in [0.15, 0.2) is 0 Å². The van der Waals surface area contributed by atoms with Gasteiger partial charge in [-0.1, -0.05) is 423 Å². The summed E-state index contributed by atoms with van der Waals surface area (Å²) < 4.78 is 5.51. The zero-order chi connectivity index (χ0) is 64.2. The van der Waals surface area contributed by atoms with Crippen LogP contribution in [0.25, 0.3) is 0 Å². The molecule has 0 aromatic heterocycles. The molecule has 0 bridgehead atoms. The standard InChI is InChI=1S/C83H161NO5/c1-3-5-7-9-11-13-15-17-19-21-23-24-25-31-34-37-40-43-47-51-55-59-63-67-71-75-81(86)80(79-85)84-82(87)76-72-68-64-60-56-52-48-44-41-38-35-32-29-27-26-28-30-33-36-39-42-46-50-54-58-62-66-70-74-78-89-83(88)77-73-69-65-61-57-53-49-45-22-20-18-16-14-12-10-8-6-4-2/h20,22,71,75,80-81,85-86H,3-19,21,23-70,72-74,76-79H2,1-2H3,(H,84,87)/b22-20-,75-71+. The summed E-state index contributed by atoms with van der Waals surface area (Å²) >= 11 is 0. The molecular weight excluding hydrogens is 1090 g/mol. The number of aliphatic hydroxyl groups excluding tert-OH is 2. The number of nitrogens with one attached hydrogen (secondary N) is 1. The van der Waals surface area contributed by atoms with Crippen LogP contribution in [0, 0.1) is 0 Å². The first-order chi connectivity index (χ1) is 44.0. The van der Waals surface area contributed by atoms with Gasteiger partial charge in [-0.3, -0.25) is 9.59 Å². The molecule has 0 aromatic carbocycles. The van der Waals surface area contributed by atoms with Crippen molar-refractivity contribution in [1.29, 1.82) is 0 Å². The van der Waals surface area contributed by atoms with Crippen molar-refractivity contribution < 1.29 is 24.5 Å². The van der Waals surface area contributed by atoms with Crippen molar-refractivity contribution in [2.75, 3.05) is 13.2 Å². The van der Waals surface area contributed by atoms with Crippen LogP contribution in [0.5, 0.6) is 0 Å². The molecule has 3 N–H and O–H groups in total. The monoisotopic (exact) mass is 1250 g/mol. The van der Waals surface area contributed by atoms with Gasteiger partial charge in [-0.2, -0.15) is 0 Å². The molecule has 0 fully saturated rings. The molecule has 0 saturated carbocycles. The van der Waals surface area contributed by atoms with Crippen molar-refractivity contribution in [1.82, 2.24) is 5.32 Å². The lowest BCUT2D eigenvalue weighted by Gasteiger charge is -2.20. The van der Waals surface area contributed by atoms with Crippen LogP contribution in [0.2, 0.25) is 0 Å². The average Bonchev–Trinajstić information content (AvgIpc) is 3.63. The van der Waals surface area contributed by atoms with Crippen LogP contribution in [0.3, 0.4) is 0 Å². The Hall–Kier alpha value is -1.66. The number of ether oxygens (including phenoxy) is 1. The number of unbranched alkanes of at least 4 members (excludes halogenated alkanes) is 65. The van der Waals surface area contributed by atoms with Gasteiger partial charge >= 0.3 is 5.97 Å². The van der Waals surface area contributed by atoms with E-state index in [2.05, 4.69) is 31.3 Å². The number of rotatable bonds is 78. The molecule has 1 amide bonds. The fourth-order valence-corrected chi connectivity index (χ4v) is 13.2. The molecule has 2 unspecified atom stereocenters. The second-order valence-corrected chi connectivity index (χ2v) is 28.5. The van der Waals surface area contributed by atoms with Crippen LogP contribution >= 0.6 is 0 Å². The van der Waals surface area contributed by atoms with Crippen LogP contribution in [0.4, 0.5) is 0 Å². The molecule has 0 aliphatic rings. The topological polar surface area (TPSA) is 95.9 Å². The SMILES string of the molecule is CCCCCCCCC/C=C\CCCCCCCCCC(=O)OCCCCCCCCCCCCCCCCCCCCCCCCCCCCCCCC(=O)NC(CO)C(O)/C=C/CCCCCCCCCCCCCCCCCCCCCCCCC. The molecule has 6 heteroatoms. The maximum atomic E-state index is 12.6. The van der Waals surface area contributed by atoms with Crippen molar-refractivity contribution in [3.63, 3.8) is 0 Å². The van der Waals surface area contributed by atoms with Crippen molar-refractivity contribution in [3.05, 3.63) is 24.3 Å². The Morgan fingerprint density at radius 1 is 0.303 bits per heavy atom. The molecule has 2 atom stereocenters. The predicted octanol–water partition coefficient (Wildman–Crippen LogP) is 27.2. The van der Waals surface area contributed by atoms with E-state index in [1.165, 1.54) is 398 Å². The first-order valence-electron chi connectivity index (χ1n) is 41.1. The minimum absolute atomic E-state index is 0.0175. The summed E-state index contributed by atoms with van der Waals surface area (Å²) in [7, 11) is 0. The summed E-state index contributed by atoms with van der Waals surface area (Å²) in [5.74, 6) is -0.0413. The van der Waals surface area contributed by atoms with Crippen LogP contribution in [0.15, 0.2) is 24.3 Å². The highest BCUT2D eigenvalue weighted by atomic mass is 16.5. The Morgan fingerprint density at radius 3 is 0.798 bits per heavy atom. The van der Waals surface area contributed by atoms with E-state index in [0.29, 0.717) is 19.4 Å². The lowest BCUT2D eigenvalue weighted by molar-refractivity contribution is -0.143. The summed E-state index contributed by atoms with van der Waals surface area (Å²) in [4.78, 5) is 24.7. The van der Waals surface area contributed by atoms with Crippen LogP contribution in [-0.2, 0) is 14.3 Å². The molecule has 89 heavy (non-hydrogen) atoms. The van der Waals surface area contributed by atoms with E-state index in [1.807, 2.05) is 6.08 Å². The van der Waals surface area contributed by atoms with E-state index < -0.39 is 12.1 Å². The van der Waals surface area contributed by atoms with Gasteiger partial charge in [0.25, 0.3) is 0 Å². The third kappa shape index (κ3) is 75.3. The molecule has 0 saturated heterocycles. The number of amides is 1. The van der Waals surface area contributed by atoms with Gasteiger partial charge in [0, 0.05) is 12.8 Å². The third-order valence-electron chi connectivity index (χ3n) is 19.5. The van der Waals surface area contributed by atoms with Crippen molar-refractivity contribution in [2.45, 2.75) is 482 Å². The van der Waals surface area contributed by atoms with Gasteiger partial charge in [-0.15, -0.1) is 0 Å². The molecule has 6 nitrogen and oxygen atoms in total. The highest BCUT2D eigenvalue weighted by molar-refractivity contribution is 5.76. The zero-order valence-corrected chi connectivity index (χ0v) is 60.7. The molecule has 0 rings (SSSR count). The maximum absolute atomic E-state index is 12.6. The third-order valence-corrected chi connectivity index (χ3v) is 19.5. The number of aliphatic hydroxyl groups is 2. The first-order valence-corrected chi connectivity index (χ1v) is 41.1. The van der Waals surface area contributed by atoms with Gasteiger partial charge < -0.3 is 20.3 Å². The van der Waals surface area contributed by atoms with Gasteiger partial charge in [0.1, 0.15) is 0 Å².